The Balaban J connectivity index is 1.17. The van der Waals surface area contributed by atoms with Crippen molar-refractivity contribution in [2.45, 2.75) is 56.7 Å². The van der Waals surface area contributed by atoms with Gasteiger partial charge in [0.25, 0.3) is 11.5 Å². The molecule has 3 aliphatic rings. The number of hydrogen-bond acceptors (Lipinski definition) is 8. The van der Waals surface area contributed by atoms with Gasteiger partial charge in [-0.1, -0.05) is 0 Å². The molecule has 2 N–H and O–H groups in total. The highest BCUT2D eigenvalue weighted by Crippen LogP contribution is 2.44. The van der Waals surface area contributed by atoms with Crippen molar-refractivity contribution in [3.8, 4) is 0 Å². The number of amides is 2. The first-order valence-corrected chi connectivity index (χ1v) is 13.2. The minimum absolute atomic E-state index is 0.0246. The third kappa shape index (κ3) is 6.00. The largest absolute Gasteiger partial charge is 0.423 e. The molecular formula is C25H27F6N7O4. The van der Waals surface area contributed by atoms with Crippen LogP contribution in [0.15, 0.2) is 23.3 Å². The van der Waals surface area contributed by atoms with E-state index in [1.54, 1.807) is 10.00 Å². The van der Waals surface area contributed by atoms with Crippen LogP contribution in [0.4, 0.5) is 43.5 Å². The molecule has 1 aliphatic carbocycles. The van der Waals surface area contributed by atoms with Gasteiger partial charge in [-0.25, -0.2) is 10.1 Å². The van der Waals surface area contributed by atoms with Crippen LogP contribution < -0.4 is 20.7 Å². The van der Waals surface area contributed by atoms with Crippen LogP contribution in [0.3, 0.4) is 0 Å². The normalized spacial score (nSPS) is 19.8. The number of carbonyl (C=O) groups is 2. The fourth-order valence-corrected chi connectivity index (χ4v) is 5.14. The lowest BCUT2D eigenvalue weighted by molar-refractivity contribution is -0.138. The number of aromatic amines is 1. The van der Waals surface area contributed by atoms with Crippen molar-refractivity contribution in [2.24, 2.45) is 0 Å². The average molecular weight is 604 g/mol. The Hall–Kier alpha value is -3.89. The van der Waals surface area contributed by atoms with E-state index in [1.165, 1.54) is 16.7 Å². The van der Waals surface area contributed by atoms with Gasteiger partial charge in [0.15, 0.2) is 5.82 Å². The fraction of sp³-hybridized carbons (Fsp3) is 0.560. The maximum atomic E-state index is 13.4. The molecule has 2 atom stereocenters. The first-order chi connectivity index (χ1) is 19.8. The maximum absolute atomic E-state index is 13.4. The highest BCUT2D eigenvalue weighted by molar-refractivity contribution is 6.06. The number of ether oxygens (including phenoxy) is 1. The lowest BCUT2D eigenvalue weighted by Gasteiger charge is -2.47. The first-order valence-electron chi connectivity index (χ1n) is 13.2. The molecule has 2 fully saturated rings. The predicted molar refractivity (Wildman–Crippen MR) is 136 cm³/mol. The molecule has 0 bridgehead atoms. The van der Waals surface area contributed by atoms with Gasteiger partial charge in [-0.3, -0.25) is 14.4 Å². The van der Waals surface area contributed by atoms with Gasteiger partial charge >= 0.3 is 12.4 Å². The standard InChI is InChI=1S/C25H27F6N7O4/c1-13(34-16-10-33-35-22(40)20(16)25(29,30)31)12-42-7-4-19(39)36-5-6-37-18(11-36)23(41)38(15-2-3-15)17-8-14(24(26,27)28)9-32-21(17)37/h8-10,13,15,18H,2-7,11-12H2,1H3,(H2,34,35,40)/t13?,18-/m0/s1. The number of nitrogens with one attached hydrogen (secondary N) is 2. The summed E-state index contributed by atoms with van der Waals surface area (Å²) in [5.41, 5.74) is -4.10. The Bertz CT molecular complexity index is 1410. The van der Waals surface area contributed by atoms with E-state index in [4.69, 9.17) is 4.74 Å². The summed E-state index contributed by atoms with van der Waals surface area (Å²) in [4.78, 5) is 46.5. The lowest BCUT2D eigenvalue weighted by Crippen LogP contribution is -2.64. The number of alkyl halides is 6. The van der Waals surface area contributed by atoms with Crippen molar-refractivity contribution in [3.05, 3.63) is 39.9 Å². The Labute approximate surface area is 234 Å². The predicted octanol–water partition coefficient (Wildman–Crippen LogP) is 2.64. The van der Waals surface area contributed by atoms with Crippen LogP contribution in [-0.4, -0.2) is 82.9 Å². The van der Waals surface area contributed by atoms with Gasteiger partial charge in [-0.15, -0.1) is 0 Å². The summed E-state index contributed by atoms with van der Waals surface area (Å²) in [6.45, 7) is 1.83. The molecule has 0 radical (unpaired) electrons. The second-order valence-electron chi connectivity index (χ2n) is 10.4. The van der Waals surface area contributed by atoms with Gasteiger partial charge in [-0.05, 0) is 25.8 Å². The van der Waals surface area contributed by atoms with Crippen molar-refractivity contribution >= 4 is 29.0 Å². The molecule has 1 saturated heterocycles. The third-order valence-electron chi connectivity index (χ3n) is 7.24. The number of carbonyl (C=O) groups excluding carboxylic acids is 2. The third-order valence-corrected chi connectivity index (χ3v) is 7.24. The molecule has 1 unspecified atom stereocenters. The van der Waals surface area contributed by atoms with Gasteiger partial charge in [0.05, 0.1) is 49.3 Å². The summed E-state index contributed by atoms with van der Waals surface area (Å²) in [5.74, 6) is -0.418. The monoisotopic (exact) mass is 603 g/mol. The zero-order chi connectivity index (χ0) is 30.4. The Kier molecular flexibility index (Phi) is 7.80. The number of H-pyrrole nitrogens is 1. The highest BCUT2D eigenvalue weighted by Gasteiger charge is 2.48. The van der Waals surface area contributed by atoms with E-state index in [9.17, 15) is 40.7 Å². The van der Waals surface area contributed by atoms with Gasteiger partial charge in [0.2, 0.25) is 5.91 Å². The molecule has 2 aliphatic heterocycles. The number of piperazine rings is 1. The van der Waals surface area contributed by atoms with Crippen molar-refractivity contribution in [1.29, 1.82) is 0 Å². The average Bonchev–Trinajstić information content (AvgIpc) is 3.74. The van der Waals surface area contributed by atoms with Crippen LogP contribution in [0.25, 0.3) is 0 Å². The summed E-state index contributed by atoms with van der Waals surface area (Å²) in [6, 6.07) is -0.714. The number of fused-ring (bicyclic) bond motifs is 3. The van der Waals surface area contributed by atoms with Crippen molar-refractivity contribution in [2.75, 3.05) is 48.0 Å². The summed E-state index contributed by atoms with van der Waals surface area (Å²) in [7, 11) is 0. The number of hydrogen-bond donors (Lipinski definition) is 2. The topological polar surface area (TPSA) is 124 Å². The van der Waals surface area contributed by atoms with Gasteiger partial charge < -0.3 is 24.8 Å². The number of anilines is 3. The van der Waals surface area contributed by atoms with E-state index in [0.29, 0.717) is 12.8 Å². The van der Waals surface area contributed by atoms with Crippen molar-refractivity contribution in [1.82, 2.24) is 20.1 Å². The lowest BCUT2D eigenvalue weighted by atomic mass is 10.0. The van der Waals surface area contributed by atoms with E-state index >= 15 is 0 Å². The molecule has 0 spiro atoms. The molecule has 2 aromatic heterocycles. The second kappa shape index (κ2) is 11.1. The van der Waals surface area contributed by atoms with Crippen molar-refractivity contribution in [3.63, 3.8) is 0 Å². The second-order valence-corrected chi connectivity index (χ2v) is 10.4. The number of aromatic nitrogens is 3. The molecule has 2 aromatic rings. The van der Waals surface area contributed by atoms with E-state index < -0.39 is 46.8 Å². The summed E-state index contributed by atoms with van der Waals surface area (Å²) < 4.78 is 85.2. The molecule has 228 valence electrons. The molecule has 4 heterocycles. The number of halogens is 6. The van der Waals surface area contributed by atoms with Crippen LogP contribution in [0, 0.1) is 0 Å². The van der Waals surface area contributed by atoms with E-state index in [2.05, 4.69) is 15.4 Å². The zero-order valence-electron chi connectivity index (χ0n) is 22.3. The number of rotatable bonds is 8. The number of nitrogens with zero attached hydrogens (tertiary/aromatic N) is 5. The highest BCUT2D eigenvalue weighted by atomic mass is 19.4. The molecule has 0 aromatic carbocycles. The van der Waals surface area contributed by atoms with Gasteiger partial charge in [0, 0.05) is 31.4 Å². The SMILES string of the molecule is CC(COCCC(=O)N1CCN2c3ncc(C(F)(F)F)cc3N(C3CC3)C(=O)[C@@H]2C1)Nc1cn[nH]c(=O)c1C(F)(F)F. The van der Waals surface area contributed by atoms with Crippen molar-refractivity contribution < 1.29 is 40.7 Å². The van der Waals surface area contributed by atoms with Gasteiger partial charge in [0.1, 0.15) is 11.6 Å². The molecule has 42 heavy (non-hydrogen) atoms. The maximum Gasteiger partial charge on any atom is 0.423 e. The minimum atomic E-state index is -4.89. The number of pyridine rings is 1. The van der Waals surface area contributed by atoms with E-state index in [0.717, 1.165) is 18.5 Å². The van der Waals surface area contributed by atoms with Crippen LogP contribution in [0.2, 0.25) is 0 Å². The smallest absolute Gasteiger partial charge is 0.379 e. The van der Waals surface area contributed by atoms with Crippen LogP contribution in [-0.2, 0) is 26.7 Å². The first kappa shape index (κ1) is 29.6. The van der Waals surface area contributed by atoms with Crippen LogP contribution in [0.5, 0.6) is 0 Å². The molecule has 5 rings (SSSR count). The van der Waals surface area contributed by atoms with E-state index in [-0.39, 0.29) is 68.6 Å². The Morgan fingerprint density at radius 3 is 2.55 bits per heavy atom. The zero-order valence-corrected chi connectivity index (χ0v) is 22.3. The fourth-order valence-electron chi connectivity index (χ4n) is 5.14. The molecule has 17 heteroatoms. The summed E-state index contributed by atoms with van der Waals surface area (Å²) in [6.07, 6.45) is -6.64. The summed E-state index contributed by atoms with van der Waals surface area (Å²) >= 11 is 0. The molecular weight excluding hydrogens is 576 g/mol. The Morgan fingerprint density at radius 1 is 1.14 bits per heavy atom. The quantitative estimate of drug-likeness (QED) is 0.349. The summed E-state index contributed by atoms with van der Waals surface area (Å²) in [5, 5.41) is 7.68. The molecule has 2 amide bonds. The Morgan fingerprint density at radius 2 is 1.88 bits per heavy atom. The molecule has 11 nitrogen and oxygen atoms in total. The molecule has 1 saturated carbocycles. The minimum Gasteiger partial charge on any atom is -0.379 e. The van der Waals surface area contributed by atoms with Crippen LogP contribution in [0.1, 0.15) is 37.3 Å². The van der Waals surface area contributed by atoms with E-state index in [1.807, 2.05) is 0 Å². The van der Waals surface area contributed by atoms with Crippen LogP contribution >= 0.6 is 0 Å². The van der Waals surface area contributed by atoms with Gasteiger partial charge in [-0.2, -0.15) is 31.4 Å².